The third-order valence-corrected chi connectivity index (χ3v) is 5.65. The van der Waals surface area contributed by atoms with Crippen molar-refractivity contribution in [3.05, 3.63) is 78.0 Å². The molecule has 38 heavy (non-hydrogen) atoms. The number of aromatic amines is 1. The first kappa shape index (κ1) is 25.2. The van der Waals surface area contributed by atoms with Crippen molar-refractivity contribution in [3.8, 4) is 28.7 Å². The normalized spacial score (nSPS) is 12.3. The standard InChI is InChI=1S/C25H18F6N6O/c1-37-12-19(25(29,30)31)35-22(37)15-6-4-14(5-7-15)9-16-10-33-18-11-34-21(36-20(16)18)17-3-2-8-32-23(17)38-13-24(26,27)28/h2-8,10-12,33H,9,13H2,1H3. The summed E-state index contributed by atoms with van der Waals surface area (Å²) in [6, 6.07) is 10.00. The van der Waals surface area contributed by atoms with Crippen LogP contribution in [0.3, 0.4) is 0 Å². The van der Waals surface area contributed by atoms with Gasteiger partial charge in [-0.15, -0.1) is 0 Å². The predicted molar refractivity (Wildman–Crippen MR) is 125 cm³/mol. The maximum atomic E-state index is 13.0. The van der Waals surface area contributed by atoms with Crippen LogP contribution in [0.25, 0.3) is 33.8 Å². The largest absolute Gasteiger partial charge is 0.467 e. The van der Waals surface area contributed by atoms with Crippen LogP contribution >= 0.6 is 0 Å². The van der Waals surface area contributed by atoms with Crippen molar-refractivity contribution < 1.29 is 31.1 Å². The highest BCUT2D eigenvalue weighted by Gasteiger charge is 2.34. The van der Waals surface area contributed by atoms with Gasteiger partial charge in [-0.2, -0.15) is 26.3 Å². The number of hydrogen-bond acceptors (Lipinski definition) is 5. The van der Waals surface area contributed by atoms with Crippen molar-refractivity contribution in [1.29, 1.82) is 0 Å². The Morgan fingerprint density at radius 2 is 1.74 bits per heavy atom. The van der Waals surface area contributed by atoms with Crippen molar-refractivity contribution in [2.45, 2.75) is 18.8 Å². The number of aryl methyl sites for hydroxylation is 1. The maximum Gasteiger partial charge on any atom is 0.434 e. The Morgan fingerprint density at radius 1 is 0.974 bits per heavy atom. The first-order valence-corrected chi connectivity index (χ1v) is 11.2. The van der Waals surface area contributed by atoms with Crippen molar-refractivity contribution in [1.82, 2.24) is 29.5 Å². The molecular weight excluding hydrogens is 514 g/mol. The summed E-state index contributed by atoms with van der Waals surface area (Å²) < 4.78 is 83.1. The average molecular weight is 532 g/mol. The van der Waals surface area contributed by atoms with Gasteiger partial charge in [0.15, 0.2) is 18.1 Å². The molecule has 0 spiro atoms. The molecule has 1 aromatic carbocycles. The molecule has 0 saturated carbocycles. The highest BCUT2D eigenvalue weighted by atomic mass is 19.4. The molecule has 0 unspecified atom stereocenters. The lowest BCUT2D eigenvalue weighted by Gasteiger charge is -2.11. The van der Waals surface area contributed by atoms with Gasteiger partial charge in [0.1, 0.15) is 5.82 Å². The van der Waals surface area contributed by atoms with E-state index in [-0.39, 0.29) is 23.1 Å². The summed E-state index contributed by atoms with van der Waals surface area (Å²) in [5.74, 6) is 0.0995. The van der Waals surface area contributed by atoms with Crippen LogP contribution in [-0.2, 0) is 19.6 Å². The monoisotopic (exact) mass is 532 g/mol. The van der Waals surface area contributed by atoms with Crippen LogP contribution in [0.4, 0.5) is 26.3 Å². The van der Waals surface area contributed by atoms with E-state index in [4.69, 9.17) is 4.74 Å². The van der Waals surface area contributed by atoms with Gasteiger partial charge in [-0.3, -0.25) is 0 Å². The zero-order chi connectivity index (χ0) is 27.1. The fourth-order valence-electron chi connectivity index (χ4n) is 3.92. The van der Waals surface area contributed by atoms with Crippen molar-refractivity contribution in [3.63, 3.8) is 0 Å². The summed E-state index contributed by atoms with van der Waals surface area (Å²) in [5, 5.41) is 0. The van der Waals surface area contributed by atoms with Gasteiger partial charge in [-0.05, 0) is 17.7 Å². The fraction of sp³-hybridized carbons (Fsp3) is 0.200. The van der Waals surface area contributed by atoms with Crippen LogP contribution < -0.4 is 4.74 Å². The van der Waals surface area contributed by atoms with Crippen LogP contribution in [0.5, 0.6) is 5.88 Å². The molecule has 7 nitrogen and oxygen atoms in total. The number of H-pyrrole nitrogens is 1. The average Bonchev–Trinajstić information content (AvgIpc) is 3.46. The van der Waals surface area contributed by atoms with Crippen molar-refractivity contribution in [2.24, 2.45) is 7.05 Å². The SMILES string of the molecule is Cn1cc(C(F)(F)F)nc1-c1ccc(Cc2c[nH]c3cnc(-c4cccnc4OCC(F)(F)F)nc23)cc1. The molecule has 0 saturated heterocycles. The number of aromatic nitrogens is 6. The van der Waals surface area contributed by atoms with E-state index < -0.39 is 24.7 Å². The highest BCUT2D eigenvalue weighted by molar-refractivity contribution is 5.81. The predicted octanol–water partition coefficient (Wildman–Crippen LogP) is 5.97. The Hall–Kier alpha value is -4.42. The van der Waals surface area contributed by atoms with E-state index in [0.29, 0.717) is 23.0 Å². The molecule has 4 heterocycles. The van der Waals surface area contributed by atoms with Crippen molar-refractivity contribution >= 4 is 11.0 Å². The van der Waals surface area contributed by atoms with E-state index in [1.807, 2.05) is 0 Å². The number of rotatable bonds is 6. The van der Waals surface area contributed by atoms with Gasteiger partial charge in [0, 0.05) is 43.2 Å². The minimum atomic E-state index is -4.53. The molecule has 0 fully saturated rings. The minimum absolute atomic E-state index is 0.147. The number of ether oxygens (including phenoxy) is 1. The number of nitrogens with one attached hydrogen (secondary N) is 1. The Labute approximate surface area is 211 Å². The molecule has 4 aromatic heterocycles. The Bertz CT molecular complexity index is 1590. The lowest BCUT2D eigenvalue weighted by molar-refractivity contribution is -0.154. The van der Waals surface area contributed by atoms with E-state index in [9.17, 15) is 26.3 Å². The van der Waals surface area contributed by atoms with Crippen LogP contribution in [0, 0.1) is 0 Å². The number of hydrogen-bond donors (Lipinski definition) is 1. The van der Waals surface area contributed by atoms with Crippen molar-refractivity contribution in [2.75, 3.05) is 6.61 Å². The van der Waals surface area contributed by atoms with Crippen LogP contribution in [0.15, 0.2) is 61.2 Å². The number of nitrogens with zero attached hydrogens (tertiary/aromatic N) is 5. The summed E-state index contributed by atoms with van der Waals surface area (Å²) in [6.45, 7) is -1.50. The van der Waals surface area contributed by atoms with Crippen LogP contribution in [0.2, 0.25) is 0 Å². The number of alkyl halides is 6. The molecule has 0 aliphatic heterocycles. The second kappa shape index (κ2) is 9.47. The van der Waals surface area contributed by atoms with Gasteiger partial charge in [0.25, 0.3) is 0 Å². The number of halogens is 6. The highest BCUT2D eigenvalue weighted by Crippen LogP contribution is 2.32. The van der Waals surface area contributed by atoms with Gasteiger partial charge in [-0.1, -0.05) is 24.3 Å². The minimum Gasteiger partial charge on any atom is -0.467 e. The van der Waals surface area contributed by atoms with E-state index in [1.54, 1.807) is 36.5 Å². The number of pyridine rings is 1. The van der Waals surface area contributed by atoms with Gasteiger partial charge in [0.05, 0.1) is 22.8 Å². The number of benzene rings is 1. The zero-order valence-electron chi connectivity index (χ0n) is 19.6. The molecule has 0 aliphatic rings. The van der Waals surface area contributed by atoms with Gasteiger partial charge < -0.3 is 14.3 Å². The summed E-state index contributed by atoms with van der Waals surface area (Å²) >= 11 is 0. The number of fused-ring (bicyclic) bond motifs is 1. The van der Waals surface area contributed by atoms with E-state index in [1.165, 1.54) is 30.1 Å². The van der Waals surface area contributed by atoms with Gasteiger partial charge >= 0.3 is 12.4 Å². The molecule has 0 amide bonds. The van der Waals surface area contributed by atoms with Crippen LogP contribution in [0.1, 0.15) is 16.8 Å². The molecular formula is C25H18F6N6O. The molecule has 0 aliphatic carbocycles. The molecule has 0 bridgehead atoms. The lowest BCUT2D eigenvalue weighted by atomic mass is 10.0. The molecule has 0 radical (unpaired) electrons. The molecule has 1 N–H and O–H groups in total. The topological polar surface area (TPSA) is 81.5 Å². The third-order valence-electron chi connectivity index (χ3n) is 5.65. The van der Waals surface area contributed by atoms with Crippen LogP contribution in [-0.4, -0.2) is 42.3 Å². The maximum absolute atomic E-state index is 13.0. The summed E-state index contributed by atoms with van der Waals surface area (Å²) in [6.07, 6.45) is -3.12. The Kier molecular flexibility index (Phi) is 6.29. The summed E-state index contributed by atoms with van der Waals surface area (Å²) in [5.41, 5.74) is 2.60. The lowest BCUT2D eigenvalue weighted by Crippen LogP contribution is -2.20. The molecule has 5 rings (SSSR count). The van der Waals surface area contributed by atoms with Gasteiger partial charge in [-0.25, -0.2) is 19.9 Å². The first-order valence-electron chi connectivity index (χ1n) is 11.2. The Morgan fingerprint density at radius 3 is 2.42 bits per heavy atom. The van der Waals surface area contributed by atoms with E-state index in [0.717, 1.165) is 17.3 Å². The molecule has 196 valence electrons. The Balaban J connectivity index is 1.40. The zero-order valence-corrected chi connectivity index (χ0v) is 19.6. The fourth-order valence-corrected chi connectivity index (χ4v) is 3.92. The smallest absolute Gasteiger partial charge is 0.434 e. The van der Waals surface area contributed by atoms with E-state index in [2.05, 4.69) is 24.9 Å². The molecule has 5 aromatic rings. The quantitative estimate of drug-likeness (QED) is 0.273. The van der Waals surface area contributed by atoms with E-state index >= 15 is 0 Å². The summed E-state index contributed by atoms with van der Waals surface area (Å²) in [4.78, 5) is 19.5. The molecule has 0 atom stereocenters. The molecule has 13 heteroatoms. The van der Waals surface area contributed by atoms with Gasteiger partial charge in [0.2, 0.25) is 5.88 Å². The number of imidazole rings is 1. The first-order chi connectivity index (χ1) is 18.0. The second-order valence-corrected chi connectivity index (χ2v) is 8.46. The summed E-state index contributed by atoms with van der Waals surface area (Å²) in [7, 11) is 1.50. The second-order valence-electron chi connectivity index (χ2n) is 8.46. The third kappa shape index (κ3) is 5.31.